The van der Waals surface area contributed by atoms with E-state index in [4.69, 9.17) is 10.6 Å². The van der Waals surface area contributed by atoms with Crippen LogP contribution in [0.1, 0.15) is 18.2 Å². The molecule has 0 fully saturated rings. The Hall–Kier alpha value is -2.02. The van der Waals surface area contributed by atoms with Crippen molar-refractivity contribution in [2.75, 3.05) is 18.7 Å². The molecule has 0 aliphatic carbocycles. The number of nitrogens with zero attached hydrogens (tertiary/aromatic N) is 3. The summed E-state index contributed by atoms with van der Waals surface area (Å²) in [6, 6.07) is 7.53. The van der Waals surface area contributed by atoms with Gasteiger partial charge in [-0.15, -0.1) is 10.2 Å². The number of benzene rings is 1. The summed E-state index contributed by atoms with van der Waals surface area (Å²) in [7, 11) is 0. The Balaban J connectivity index is 2.22. The van der Waals surface area contributed by atoms with Crippen molar-refractivity contribution < 1.29 is 4.74 Å². The second-order valence-corrected chi connectivity index (χ2v) is 4.84. The van der Waals surface area contributed by atoms with Crippen LogP contribution >= 0.6 is 11.8 Å². The predicted molar refractivity (Wildman–Crippen MR) is 78.6 cm³/mol. The average Bonchev–Trinajstić information content (AvgIpc) is 2.46. The van der Waals surface area contributed by atoms with Gasteiger partial charge in [0.25, 0.3) is 5.56 Å². The largest absolute Gasteiger partial charge is 0.494 e. The molecule has 20 heavy (non-hydrogen) atoms. The monoisotopic (exact) mass is 292 g/mol. The number of nitrogen functional groups attached to an aromatic ring is 1. The van der Waals surface area contributed by atoms with Gasteiger partial charge in [0.05, 0.1) is 6.61 Å². The lowest BCUT2D eigenvalue weighted by molar-refractivity contribution is 0.340. The third kappa shape index (κ3) is 3.11. The Labute approximate surface area is 120 Å². The van der Waals surface area contributed by atoms with Gasteiger partial charge >= 0.3 is 0 Å². The first-order chi connectivity index (χ1) is 9.65. The van der Waals surface area contributed by atoms with E-state index in [0.29, 0.717) is 23.9 Å². The van der Waals surface area contributed by atoms with Gasteiger partial charge in [-0.2, -0.15) is 4.68 Å². The van der Waals surface area contributed by atoms with Crippen molar-refractivity contribution in [2.45, 2.75) is 18.5 Å². The molecule has 2 N–H and O–H groups in total. The van der Waals surface area contributed by atoms with Crippen LogP contribution in [0.5, 0.6) is 5.75 Å². The van der Waals surface area contributed by atoms with E-state index in [1.165, 1.54) is 11.8 Å². The molecule has 1 aromatic carbocycles. The molecule has 0 aliphatic rings. The van der Waals surface area contributed by atoms with Crippen LogP contribution < -0.4 is 16.1 Å². The van der Waals surface area contributed by atoms with Crippen molar-refractivity contribution in [3.63, 3.8) is 0 Å². The molecule has 0 unspecified atom stereocenters. The van der Waals surface area contributed by atoms with Gasteiger partial charge in [-0.3, -0.25) is 4.79 Å². The Morgan fingerprint density at radius 3 is 2.60 bits per heavy atom. The molecule has 0 saturated carbocycles. The van der Waals surface area contributed by atoms with Crippen LogP contribution in [0.15, 0.2) is 34.2 Å². The molecule has 0 spiro atoms. The van der Waals surface area contributed by atoms with Crippen LogP contribution in [-0.4, -0.2) is 27.7 Å². The zero-order valence-electron chi connectivity index (χ0n) is 11.4. The fraction of sp³-hybridized carbons (Fsp3) is 0.308. The lowest BCUT2D eigenvalue weighted by Gasteiger charge is -2.06. The van der Waals surface area contributed by atoms with Crippen molar-refractivity contribution >= 4 is 11.8 Å². The molecule has 0 atom stereocenters. The first-order valence-corrected chi connectivity index (χ1v) is 7.37. The molecule has 0 bridgehead atoms. The third-order valence-electron chi connectivity index (χ3n) is 2.72. The average molecular weight is 292 g/mol. The maximum absolute atomic E-state index is 12.0. The standard InChI is InChI=1S/C13H16N4O2S/c1-3-19-10-6-4-9(5-7-10)8-11-12(18)17(14)13(20-2)16-15-11/h4-7H,3,8,14H2,1-2H3. The summed E-state index contributed by atoms with van der Waals surface area (Å²) in [6.07, 6.45) is 2.18. The normalized spacial score (nSPS) is 10.5. The molecule has 106 valence electrons. The predicted octanol–water partition coefficient (Wildman–Crippen LogP) is 1.06. The van der Waals surface area contributed by atoms with Crippen LogP contribution in [0.4, 0.5) is 0 Å². The van der Waals surface area contributed by atoms with Gasteiger partial charge in [0.2, 0.25) is 5.16 Å². The summed E-state index contributed by atoms with van der Waals surface area (Å²) < 4.78 is 6.40. The maximum atomic E-state index is 12.0. The number of ether oxygens (including phenoxy) is 1. The topological polar surface area (TPSA) is 83.0 Å². The highest BCUT2D eigenvalue weighted by molar-refractivity contribution is 7.98. The highest BCUT2D eigenvalue weighted by Gasteiger charge is 2.10. The van der Waals surface area contributed by atoms with E-state index in [9.17, 15) is 4.79 Å². The van der Waals surface area contributed by atoms with E-state index in [1.54, 1.807) is 6.26 Å². The van der Waals surface area contributed by atoms with Gasteiger partial charge in [-0.25, -0.2) is 0 Å². The summed E-state index contributed by atoms with van der Waals surface area (Å²) >= 11 is 1.28. The van der Waals surface area contributed by atoms with Crippen molar-refractivity contribution in [1.29, 1.82) is 0 Å². The van der Waals surface area contributed by atoms with E-state index in [0.717, 1.165) is 16.0 Å². The van der Waals surface area contributed by atoms with Gasteiger partial charge in [0.1, 0.15) is 11.4 Å². The van der Waals surface area contributed by atoms with Gasteiger partial charge < -0.3 is 10.6 Å². The fourth-order valence-corrected chi connectivity index (χ4v) is 2.14. The van der Waals surface area contributed by atoms with Crippen LogP contribution in [0.3, 0.4) is 0 Å². The Bertz CT molecular complexity index is 640. The van der Waals surface area contributed by atoms with Gasteiger partial charge in [0.15, 0.2) is 0 Å². The number of nitrogens with two attached hydrogens (primary N) is 1. The molecule has 0 radical (unpaired) electrons. The minimum absolute atomic E-state index is 0.321. The van der Waals surface area contributed by atoms with E-state index in [1.807, 2.05) is 31.2 Å². The third-order valence-corrected chi connectivity index (χ3v) is 3.36. The summed E-state index contributed by atoms with van der Waals surface area (Å²) in [6.45, 7) is 2.55. The first kappa shape index (κ1) is 14.4. The Morgan fingerprint density at radius 1 is 1.30 bits per heavy atom. The number of rotatable bonds is 5. The zero-order chi connectivity index (χ0) is 14.5. The number of aromatic nitrogens is 3. The summed E-state index contributed by atoms with van der Waals surface area (Å²) in [4.78, 5) is 12.0. The van der Waals surface area contributed by atoms with Crippen LogP contribution in [-0.2, 0) is 6.42 Å². The van der Waals surface area contributed by atoms with Gasteiger partial charge in [0, 0.05) is 6.42 Å². The minimum atomic E-state index is -0.321. The van der Waals surface area contributed by atoms with E-state index >= 15 is 0 Å². The number of thioether (sulfide) groups is 1. The molecule has 7 heteroatoms. The van der Waals surface area contributed by atoms with Gasteiger partial charge in [-0.05, 0) is 30.9 Å². The smallest absolute Gasteiger partial charge is 0.294 e. The Morgan fingerprint density at radius 2 is 2.00 bits per heavy atom. The fourth-order valence-electron chi connectivity index (χ4n) is 1.73. The van der Waals surface area contributed by atoms with Gasteiger partial charge in [-0.1, -0.05) is 23.9 Å². The van der Waals surface area contributed by atoms with Crippen LogP contribution in [0.25, 0.3) is 0 Å². The molecular formula is C13H16N4O2S. The molecule has 6 nitrogen and oxygen atoms in total. The highest BCUT2D eigenvalue weighted by Crippen LogP contribution is 2.14. The maximum Gasteiger partial charge on any atom is 0.294 e. The highest BCUT2D eigenvalue weighted by atomic mass is 32.2. The zero-order valence-corrected chi connectivity index (χ0v) is 12.2. The van der Waals surface area contributed by atoms with Crippen molar-refractivity contribution in [2.24, 2.45) is 0 Å². The molecule has 2 aromatic rings. The molecule has 0 amide bonds. The molecular weight excluding hydrogens is 276 g/mol. The SMILES string of the molecule is CCOc1ccc(Cc2nnc(SC)n(N)c2=O)cc1. The molecule has 1 aromatic heterocycles. The number of hydrogen-bond acceptors (Lipinski definition) is 6. The van der Waals surface area contributed by atoms with Crippen LogP contribution in [0, 0.1) is 0 Å². The lowest BCUT2D eigenvalue weighted by atomic mass is 10.1. The second-order valence-electron chi connectivity index (χ2n) is 4.06. The summed E-state index contributed by atoms with van der Waals surface area (Å²) in [5.41, 5.74) is 0.962. The van der Waals surface area contributed by atoms with Crippen LogP contribution in [0.2, 0.25) is 0 Å². The summed E-state index contributed by atoms with van der Waals surface area (Å²) in [5.74, 6) is 6.47. The lowest BCUT2D eigenvalue weighted by Crippen LogP contribution is -2.33. The van der Waals surface area contributed by atoms with E-state index < -0.39 is 0 Å². The molecule has 0 saturated heterocycles. The second kappa shape index (κ2) is 6.42. The molecule has 0 aliphatic heterocycles. The summed E-state index contributed by atoms with van der Waals surface area (Å²) in [5, 5.41) is 8.27. The molecule has 2 rings (SSSR count). The van der Waals surface area contributed by atoms with E-state index in [2.05, 4.69) is 10.2 Å². The van der Waals surface area contributed by atoms with Crippen molar-refractivity contribution in [1.82, 2.24) is 14.9 Å². The van der Waals surface area contributed by atoms with E-state index in [-0.39, 0.29) is 5.56 Å². The number of hydrogen-bond donors (Lipinski definition) is 1. The Kier molecular flexibility index (Phi) is 4.62. The molecule has 1 heterocycles. The minimum Gasteiger partial charge on any atom is -0.494 e. The first-order valence-electron chi connectivity index (χ1n) is 6.15. The quantitative estimate of drug-likeness (QED) is 0.655. The van der Waals surface area contributed by atoms with Crippen molar-refractivity contribution in [3.8, 4) is 5.75 Å². The van der Waals surface area contributed by atoms with Crippen molar-refractivity contribution in [3.05, 3.63) is 45.9 Å².